The molecule has 0 aliphatic carbocycles. The van der Waals surface area contributed by atoms with Gasteiger partial charge in [-0.3, -0.25) is 0 Å². The van der Waals surface area contributed by atoms with Crippen molar-refractivity contribution in [3.63, 3.8) is 0 Å². The topological polar surface area (TPSA) is 30.5 Å². The molecule has 0 radical (unpaired) electrons. The Morgan fingerprint density at radius 2 is 1.95 bits per heavy atom. The van der Waals surface area contributed by atoms with Crippen molar-refractivity contribution in [2.24, 2.45) is 0 Å². The predicted molar refractivity (Wildman–Crippen MR) is 82.9 cm³/mol. The van der Waals surface area contributed by atoms with E-state index in [-0.39, 0.29) is 0 Å². The number of rotatable bonds is 11. The lowest BCUT2D eigenvalue weighted by Gasteiger charge is -2.08. The van der Waals surface area contributed by atoms with Crippen molar-refractivity contribution in [2.45, 2.75) is 26.2 Å². The van der Waals surface area contributed by atoms with Crippen molar-refractivity contribution in [3.05, 3.63) is 28.7 Å². The first-order valence-corrected chi connectivity index (χ1v) is 7.79. The Morgan fingerprint density at radius 3 is 2.74 bits per heavy atom. The molecule has 0 aliphatic heterocycles. The maximum Gasteiger partial charge on any atom is 0.120 e. The molecule has 19 heavy (non-hydrogen) atoms. The van der Waals surface area contributed by atoms with Gasteiger partial charge in [0, 0.05) is 24.2 Å². The first-order valence-electron chi connectivity index (χ1n) is 6.99. The Labute approximate surface area is 124 Å². The van der Waals surface area contributed by atoms with Crippen molar-refractivity contribution in [2.75, 3.05) is 32.9 Å². The van der Waals surface area contributed by atoms with Crippen LogP contribution in [-0.2, 0) is 4.74 Å². The van der Waals surface area contributed by atoms with Gasteiger partial charge in [-0.1, -0.05) is 35.3 Å². The third-order valence-corrected chi connectivity index (χ3v) is 3.12. The molecule has 1 aromatic rings. The highest BCUT2D eigenvalue weighted by Crippen LogP contribution is 2.17. The van der Waals surface area contributed by atoms with Crippen LogP contribution in [0.3, 0.4) is 0 Å². The second-order valence-electron chi connectivity index (χ2n) is 4.38. The van der Waals surface area contributed by atoms with E-state index in [0.29, 0.717) is 6.61 Å². The summed E-state index contributed by atoms with van der Waals surface area (Å²) in [6.45, 7) is 6.45. The fraction of sp³-hybridized carbons (Fsp3) is 0.600. The van der Waals surface area contributed by atoms with E-state index in [1.54, 1.807) is 0 Å². The Kier molecular flexibility index (Phi) is 9.77. The summed E-state index contributed by atoms with van der Waals surface area (Å²) in [6, 6.07) is 7.90. The van der Waals surface area contributed by atoms with Crippen LogP contribution in [-0.4, -0.2) is 32.9 Å². The number of benzene rings is 1. The molecule has 0 saturated heterocycles. The minimum absolute atomic E-state index is 0.688. The molecule has 0 aromatic heterocycles. The summed E-state index contributed by atoms with van der Waals surface area (Å²) < 4.78 is 12.2. The van der Waals surface area contributed by atoms with Crippen molar-refractivity contribution >= 4 is 15.9 Å². The maximum atomic E-state index is 5.62. The second kappa shape index (κ2) is 11.3. The Hall–Kier alpha value is -0.580. The summed E-state index contributed by atoms with van der Waals surface area (Å²) >= 11 is 3.42. The molecule has 0 saturated carbocycles. The minimum atomic E-state index is 0.688. The van der Waals surface area contributed by atoms with Crippen molar-refractivity contribution < 1.29 is 9.47 Å². The molecule has 0 amide bonds. The number of halogens is 1. The van der Waals surface area contributed by atoms with E-state index in [9.17, 15) is 0 Å². The standard InChI is InChI=1S/C15H24BrNO2/c1-2-3-10-18-11-5-8-17-9-12-19-15-7-4-6-14(16)13-15/h4,6-7,13,17H,2-3,5,8-12H2,1H3. The first kappa shape index (κ1) is 16.5. The normalized spacial score (nSPS) is 10.6. The average Bonchev–Trinajstić information content (AvgIpc) is 2.41. The number of nitrogens with one attached hydrogen (secondary N) is 1. The highest BCUT2D eigenvalue weighted by Gasteiger charge is 1.94. The number of hydrogen-bond donors (Lipinski definition) is 1. The minimum Gasteiger partial charge on any atom is -0.492 e. The third kappa shape index (κ3) is 9.03. The SMILES string of the molecule is CCCCOCCCNCCOc1cccc(Br)c1. The molecule has 0 atom stereocenters. The van der Waals surface area contributed by atoms with Crippen LogP contribution in [0.2, 0.25) is 0 Å². The van der Waals surface area contributed by atoms with Crippen LogP contribution < -0.4 is 10.1 Å². The molecule has 0 fully saturated rings. The van der Waals surface area contributed by atoms with Gasteiger partial charge in [0.2, 0.25) is 0 Å². The summed E-state index contributed by atoms with van der Waals surface area (Å²) in [5.74, 6) is 0.902. The molecule has 0 aliphatic rings. The van der Waals surface area contributed by atoms with Gasteiger partial charge < -0.3 is 14.8 Å². The highest BCUT2D eigenvalue weighted by atomic mass is 79.9. The third-order valence-electron chi connectivity index (χ3n) is 2.63. The van der Waals surface area contributed by atoms with Gasteiger partial charge in [-0.15, -0.1) is 0 Å². The van der Waals surface area contributed by atoms with Crippen LogP contribution in [0.1, 0.15) is 26.2 Å². The van der Waals surface area contributed by atoms with Crippen LogP contribution in [0.4, 0.5) is 0 Å². The summed E-state index contributed by atoms with van der Waals surface area (Å²) in [7, 11) is 0. The molecule has 0 unspecified atom stereocenters. The molecule has 0 heterocycles. The van der Waals surface area contributed by atoms with Crippen molar-refractivity contribution in [1.29, 1.82) is 0 Å². The lowest BCUT2D eigenvalue weighted by atomic mass is 10.3. The molecule has 1 N–H and O–H groups in total. The molecule has 0 bridgehead atoms. The van der Waals surface area contributed by atoms with Crippen LogP contribution in [0.25, 0.3) is 0 Å². The van der Waals surface area contributed by atoms with Crippen molar-refractivity contribution in [1.82, 2.24) is 5.32 Å². The molecular formula is C15H24BrNO2. The molecule has 1 aromatic carbocycles. The second-order valence-corrected chi connectivity index (χ2v) is 5.29. The summed E-state index contributed by atoms with van der Waals surface area (Å²) in [4.78, 5) is 0. The van der Waals surface area contributed by atoms with E-state index in [1.165, 1.54) is 6.42 Å². The molecule has 3 nitrogen and oxygen atoms in total. The molecule has 108 valence electrons. The number of unbranched alkanes of at least 4 members (excludes halogenated alkanes) is 1. The summed E-state index contributed by atoms with van der Waals surface area (Å²) in [5.41, 5.74) is 0. The lowest BCUT2D eigenvalue weighted by molar-refractivity contribution is 0.128. The van der Waals surface area contributed by atoms with Crippen LogP contribution in [0, 0.1) is 0 Å². The van der Waals surface area contributed by atoms with E-state index >= 15 is 0 Å². The summed E-state index contributed by atoms with van der Waals surface area (Å²) in [6.07, 6.45) is 3.42. The summed E-state index contributed by atoms with van der Waals surface area (Å²) in [5, 5.41) is 3.34. The van der Waals surface area contributed by atoms with Gasteiger partial charge >= 0.3 is 0 Å². The molecule has 1 rings (SSSR count). The fourth-order valence-corrected chi connectivity index (χ4v) is 1.95. The largest absolute Gasteiger partial charge is 0.492 e. The molecule has 0 spiro atoms. The van der Waals surface area contributed by atoms with E-state index in [2.05, 4.69) is 28.2 Å². The van der Waals surface area contributed by atoms with Gasteiger partial charge in [-0.2, -0.15) is 0 Å². The average molecular weight is 330 g/mol. The highest BCUT2D eigenvalue weighted by molar-refractivity contribution is 9.10. The number of ether oxygens (including phenoxy) is 2. The Bertz CT molecular complexity index is 334. The predicted octanol–water partition coefficient (Wildman–Crippen LogP) is 3.62. The molecular weight excluding hydrogens is 306 g/mol. The van der Waals surface area contributed by atoms with Crippen LogP contribution >= 0.6 is 15.9 Å². The van der Waals surface area contributed by atoms with Gasteiger partial charge in [0.25, 0.3) is 0 Å². The zero-order chi connectivity index (χ0) is 13.8. The van der Waals surface area contributed by atoms with E-state index in [1.807, 2.05) is 24.3 Å². The molecule has 4 heteroatoms. The smallest absolute Gasteiger partial charge is 0.120 e. The van der Waals surface area contributed by atoms with Crippen molar-refractivity contribution in [3.8, 4) is 5.75 Å². The quantitative estimate of drug-likeness (QED) is 0.629. The van der Waals surface area contributed by atoms with Gasteiger partial charge in [-0.25, -0.2) is 0 Å². The van der Waals surface area contributed by atoms with Crippen LogP contribution in [0.5, 0.6) is 5.75 Å². The fourth-order valence-electron chi connectivity index (χ4n) is 1.57. The van der Waals surface area contributed by atoms with E-state index in [4.69, 9.17) is 9.47 Å². The monoisotopic (exact) mass is 329 g/mol. The lowest BCUT2D eigenvalue weighted by Crippen LogP contribution is -2.23. The zero-order valence-electron chi connectivity index (χ0n) is 11.7. The van der Waals surface area contributed by atoms with E-state index in [0.717, 1.165) is 49.4 Å². The first-order chi connectivity index (χ1) is 9.33. The van der Waals surface area contributed by atoms with Gasteiger partial charge in [0.1, 0.15) is 12.4 Å². The van der Waals surface area contributed by atoms with Gasteiger partial charge in [-0.05, 0) is 37.6 Å². The van der Waals surface area contributed by atoms with Crippen LogP contribution in [0.15, 0.2) is 28.7 Å². The Morgan fingerprint density at radius 1 is 1.11 bits per heavy atom. The zero-order valence-corrected chi connectivity index (χ0v) is 13.2. The Balaban J connectivity index is 1.89. The maximum absolute atomic E-state index is 5.62. The van der Waals surface area contributed by atoms with E-state index < -0.39 is 0 Å². The number of hydrogen-bond acceptors (Lipinski definition) is 3. The van der Waals surface area contributed by atoms with Gasteiger partial charge in [0.05, 0.1) is 0 Å². The van der Waals surface area contributed by atoms with Gasteiger partial charge in [0.15, 0.2) is 0 Å².